The molecule has 0 amide bonds. The second-order valence-electron chi connectivity index (χ2n) is 6.94. The summed E-state index contributed by atoms with van der Waals surface area (Å²) in [6.45, 7) is 12.8. The van der Waals surface area contributed by atoms with E-state index in [9.17, 15) is 0 Å². The third-order valence-corrected chi connectivity index (χ3v) is 5.74. The van der Waals surface area contributed by atoms with Gasteiger partial charge in [0, 0.05) is 32.7 Å². The fourth-order valence-corrected chi connectivity index (χ4v) is 3.81. The molecule has 0 aromatic rings. The van der Waals surface area contributed by atoms with Crippen LogP contribution < -0.4 is 0 Å². The molecule has 0 aliphatic carbocycles. The predicted octanol–water partition coefficient (Wildman–Crippen LogP) is 2.98. The van der Waals surface area contributed by atoms with Crippen molar-refractivity contribution in [3.05, 3.63) is 0 Å². The Kier molecular flexibility index (Phi) is 8.05. The topological polar surface area (TPSA) is 3.24 Å². The van der Waals surface area contributed by atoms with E-state index in [1.54, 1.807) is 0 Å². The quantitative estimate of drug-likeness (QED) is 0.710. The summed E-state index contributed by atoms with van der Waals surface area (Å²) < 4.78 is 1.32. The average molecular weight is 342 g/mol. The fourth-order valence-electron chi connectivity index (χ4n) is 3.81. The molecule has 2 fully saturated rings. The summed E-state index contributed by atoms with van der Waals surface area (Å²) in [6, 6.07) is 0. The maximum atomic E-state index is 2.61. The minimum atomic E-state index is 0. The van der Waals surface area contributed by atoms with Gasteiger partial charge in [-0.15, -0.1) is 0 Å². The van der Waals surface area contributed by atoms with Gasteiger partial charge in [-0.25, -0.2) is 0 Å². The van der Waals surface area contributed by atoms with Crippen LogP contribution >= 0.6 is 0 Å². The van der Waals surface area contributed by atoms with E-state index in [1.807, 2.05) is 0 Å². The van der Waals surface area contributed by atoms with Gasteiger partial charge in [-0.1, -0.05) is 6.92 Å². The van der Waals surface area contributed by atoms with Gasteiger partial charge in [-0.05, 0) is 70.5 Å². The molecule has 2 rings (SSSR count). The van der Waals surface area contributed by atoms with Gasteiger partial charge in [0.1, 0.15) is 0 Å². The molecule has 2 saturated heterocycles. The first-order chi connectivity index (χ1) is 8.65. The largest absolute Gasteiger partial charge is 0.326 e. The van der Waals surface area contributed by atoms with Gasteiger partial charge in [0.15, 0.2) is 0 Å². The number of piperidine rings is 2. The molecular formula is C16H33N2Y+. The smallest absolute Gasteiger partial charge is 0.0787 e. The van der Waals surface area contributed by atoms with Crippen LogP contribution in [0.25, 0.3) is 0 Å². The number of hydrogen-bond acceptors (Lipinski definition) is 1. The molecule has 0 bridgehead atoms. The molecule has 0 aromatic heterocycles. The first kappa shape index (κ1) is 18.1. The molecule has 3 heteroatoms. The molecular weight excluding hydrogens is 309 g/mol. The standard InChI is InChI=1S/C16H33N2.Y/c1-4-17-10-6-15(7-11-17)14-16-8-12-18(3,5-2)13-9-16;/h15-16H,4-14H2,1-3H3;/q+1;. The SMILES string of the molecule is CCN1CCC(CC2CC[N+](C)(CC)CC2)CC1.[Y]. The van der Waals surface area contributed by atoms with Crippen molar-refractivity contribution >= 4 is 0 Å². The van der Waals surface area contributed by atoms with Crippen molar-refractivity contribution in [2.24, 2.45) is 11.8 Å². The summed E-state index contributed by atoms with van der Waals surface area (Å²) in [5, 5.41) is 0. The Balaban J connectivity index is 0.00000180. The Bertz CT molecular complexity index is 241. The first-order valence-electron chi connectivity index (χ1n) is 8.21. The molecule has 0 N–H and O–H groups in total. The molecule has 19 heavy (non-hydrogen) atoms. The predicted molar refractivity (Wildman–Crippen MR) is 78.6 cm³/mol. The maximum absolute atomic E-state index is 2.61. The van der Waals surface area contributed by atoms with Crippen LogP contribution in [0.5, 0.6) is 0 Å². The van der Waals surface area contributed by atoms with E-state index >= 15 is 0 Å². The van der Waals surface area contributed by atoms with Crippen LogP contribution in [-0.2, 0) is 32.7 Å². The molecule has 2 aliphatic heterocycles. The number of likely N-dealkylation sites (tertiary alicyclic amines) is 2. The van der Waals surface area contributed by atoms with Crippen molar-refractivity contribution in [3.8, 4) is 0 Å². The van der Waals surface area contributed by atoms with Gasteiger partial charge in [-0.2, -0.15) is 0 Å². The molecule has 0 aromatic carbocycles. The van der Waals surface area contributed by atoms with E-state index in [2.05, 4.69) is 25.8 Å². The van der Waals surface area contributed by atoms with Crippen molar-refractivity contribution in [1.29, 1.82) is 0 Å². The van der Waals surface area contributed by atoms with Crippen molar-refractivity contribution < 1.29 is 37.2 Å². The molecule has 2 aliphatic rings. The van der Waals surface area contributed by atoms with E-state index in [0.29, 0.717) is 0 Å². The molecule has 2 heterocycles. The maximum Gasteiger partial charge on any atom is 0.0787 e. The van der Waals surface area contributed by atoms with Gasteiger partial charge in [-0.3, -0.25) is 0 Å². The molecule has 2 nitrogen and oxygen atoms in total. The molecule has 1 radical (unpaired) electrons. The Morgan fingerprint density at radius 2 is 1.47 bits per heavy atom. The summed E-state index contributed by atoms with van der Waals surface area (Å²) >= 11 is 0. The molecule has 109 valence electrons. The van der Waals surface area contributed by atoms with Gasteiger partial charge in [0.05, 0.1) is 26.7 Å². The van der Waals surface area contributed by atoms with Crippen molar-refractivity contribution in [3.63, 3.8) is 0 Å². The molecule has 0 atom stereocenters. The monoisotopic (exact) mass is 342 g/mol. The van der Waals surface area contributed by atoms with Crippen LogP contribution in [0.2, 0.25) is 0 Å². The minimum Gasteiger partial charge on any atom is -0.326 e. The van der Waals surface area contributed by atoms with E-state index in [-0.39, 0.29) is 32.7 Å². The summed E-state index contributed by atoms with van der Waals surface area (Å²) in [5.74, 6) is 2.08. The van der Waals surface area contributed by atoms with Gasteiger partial charge in [0.25, 0.3) is 0 Å². The number of nitrogens with zero attached hydrogens (tertiary/aromatic N) is 2. The second kappa shape index (κ2) is 8.46. The van der Waals surface area contributed by atoms with Crippen LogP contribution in [-0.4, -0.2) is 55.7 Å². The van der Waals surface area contributed by atoms with E-state index in [1.165, 1.54) is 75.9 Å². The number of hydrogen-bond donors (Lipinski definition) is 0. The zero-order valence-electron chi connectivity index (χ0n) is 13.4. The molecule has 0 saturated carbocycles. The van der Waals surface area contributed by atoms with Crippen LogP contribution in [0.4, 0.5) is 0 Å². The van der Waals surface area contributed by atoms with Crippen molar-refractivity contribution in [2.75, 3.05) is 46.3 Å². The third-order valence-electron chi connectivity index (χ3n) is 5.74. The van der Waals surface area contributed by atoms with Crippen molar-refractivity contribution in [1.82, 2.24) is 4.90 Å². The van der Waals surface area contributed by atoms with Gasteiger partial charge in [0.2, 0.25) is 0 Å². The normalized spacial score (nSPS) is 33.9. The fraction of sp³-hybridized carbons (Fsp3) is 1.00. The van der Waals surface area contributed by atoms with Crippen LogP contribution in [0.3, 0.4) is 0 Å². The van der Waals surface area contributed by atoms with Crippen LogP contribution in [0, 0.1) is 11.8 Å². The Hall–Kier alpha value is 1.02. The Labute approximate surface area is 145 Å². The average Bonchev–Trinajstić information content (AvgIpc) is 2.42. The molecule has 0 unspecified atom stereocenters. The zero-order chi connectivity index (χ0) is 13.0. The number of quaternary nitrogens is 1. The van der Waals surface area contributed by atoms with Gasteiger partial charge < -0.3 is 9.38 Å². The van der Waals surface area contributed by atoms with E-state index in [4.69, 9.17) is 0 Å². The Morgan fingerprint density at radius 3 is 1.95 bits per heavy atom. The van der Waals surface area contributed by atoms with Gasteiger partial charge >= 0.3 is 0 Å². The minimum absolute atomic E-state index is 0. The summed E-state index contributed by atoms with van der Waals surface area (Å²) in [7, 11) is 2.44. The van der Waals surface area contributed by atoms with Crippen molar-refractivity contribution in [2.45, 2.75) is 46.0 Å². The summed E-state index contributed by atoms with van der Waals surface area (Å²) in [6.07, 6.45) is 7.42. The molecule has 0 spiro atoms. The van der Waals surface area contributed by atoms with E-state index in [0.717, 1.165) is 11.8 Å². The second-order valence-corrected chi connectivity index (χ2v) is 6.94. The van der Waals surface area contributed by atoms with Crippen LogP contribution in [0.15, 0.2) is 0 Å². The summed E-state index contributed by atoms with van der Waals surface area (Å²) in [5.41, 5.74) is 0. The summed E-state index contributed by atoms with van der Waals surface area (Å²) in [4.78, 5) is 2.61. The zero-order valence-corrected chi connectivity index (χ0v) is 16.2. The third kappa shape index (κ3) is 5.38. The van der Waals surface area contributed by atoms with Crippen LogP contribution in [0.1, 0.15) is 46.0 Å². The first-order valence-corrected chi connectivity index (χ1v) is 8.21. The van der Waals surface area contributed by atoms with E-state index < -0.39 is 0 Å². The number of rotatable bonds is 4. The Morgan fingerprint density at radius 1 is 0.947 bits per heavy atom.